The predicted molar refractivity (Wildman–Crippen MR) is 113 cm³/mol. The molecule has 3 atom stereocenters. The van der Waals surface area contributed by atoms with Crippen LogP contribution in [-0.2, 0) is 35.2 Å². The minimum Gasteiger partial charge on any atom is -0.481 e. The second-order valence-corrected chi connectivity index (χ2v) is 7.08. The molecule has 0 saturated heterocycles. The van der Waals surface area contributed by atoms with Crippen LogP contribution in [0.5, 0.6) is 0 Å². The number of nitrogens with two attached hydrogens (primary N) is 2. The van der Waals surface area contributed by atoms with E-state index in [-0.39, 0.29) is 12.8 Å². The smallest absolute Gasteiger partial charge is 0.326 e. The van der Waals surface area contributed by atoms with E-state index in [4.69, 9.17) is 16.6 Å². The molecule has 0 aliphatic heterocycles. The summed E-state index contributed by atoms with van der Waals surface area (Å²) in [4.78, 5) is 70.7. The minimum atomic E-state index is -1.46. The van der Waals surface area contributed by atoms with Crippen molar-refractivity contribution in [1.82, 2.24) is 16.0 Å². The van der Waals surface area contributed by atoms with Crippen LogP contribution >= 0.6 is 0 Å². The molecule has 33 heavy (non-hydrogen) atoms. The maximum absolute atomic E-state index is 12.7. The van der Waals surface area contributed by atoms with Gasteiger partial charge in [0.15, 0.2) is 0 Å². The summed E-state index contributed by atoms with van der Waals surface area (Å²) in [5.74, 6) is -6.22. The number of amides is 4. The Morgan fingerprint density at radius 2 is 1.42 bits per heavy atom. The van der Waals surface area contributed by atoms with Crippen LogP contribution < -0.4 is 27.4 Å². The number of carbonyl (C=O) groups is 6. The normalized spacial score (nSPS) is 13.1. The first-order valence-corrected chi connectivity index (χ1v) is 9.90. The fraction of sp³-hybridized carbons (Fsp3) is 0.400. The van der Waals surface area contributed by atoms with E-state index in [1.807, 2.05) is 0 Å². The first-order valence-electron chi connectivity index (χ1n) is 9.90. The molecule has 0 fully saturated rings. The van der Waals surface area contributed by atoms with E-state index in [2.05, 4.69) is 16.0 Å². The van der Waals surface area contributed by atoms with Crippen LogP contribution in [0.3, 0.4) is 0 Å². The highest BCUT2D eigenvalue weighted by molar-refractivity contribution is 5.95. The SMILES string of the molecule is NCC(=O)NC(CC(N)=O)C(=O)NC(CCC(=O)O)C(=O)NC(Cc1ccccc1)C(=O)O. The van der Waals surface area contributed by atoms with Gasteiger partial charge in [-0.1, -0.05) is 30.3 Å². The average Bonchev–Trinajstić information content (AvgIpc) is 2.75. The van der Waals surface area contributed by atoms with E-state index in [0.29, 0.717) is 5.56 Å². The molecule has 13 nitrogen and oxygen atoms in total. The highest BCUT2D eigenvalue weighted by atomic mass is 16.4. The molecule has 0 radical (unpaired) electrons. The first-order chi connectivity index (χ1) is 15.5. The molecule has 0 heterocycles. The number of carboxylic acids is 2. The Morgan fingerprint density at radius 1 is 0.848 bits per heavy atom. The Labute approximate surface area is 188 Å². The van der Waals surface area contributed by atoms with Gasteiger partial charge in [0.2, 0.25) is 23.6 Å². The number of benzene rings is 1. The van der Waals surface area contributed by atoms with Crippen molar-refractivity contribution < 1.29 is 39.0 Å². The standard InChI is InChI=1S/C20H27N5O8/c21-10-16(27)23-13(9-15(22)26)19(31)24-12(6-7-17(28)29)18(30)25-14(20(32)33)8-11-4-2-1-3-5-11/h1-5,12-14H,6-10,21H2,(H2,22,26)(H,23,27)(H,24,31)(H,25,30)(H,28,29)(H,32,33). The second-order valence-electron chi connectivity index (χ2n) is 7.08. The molecular weight excluding hydrogens is 438 g/mol. The molecule has 0 aliphatic carbocycles. The molecule has 0 bridgehead atoms. The van der Waals surface area contributed by atoms with Gasteiger partial charge in [0.25, 0.3) is 0 Å². The summed E-state index contributed by atoms with van der Waals surface area (Å²) >= 11 is 0. The zero-order chi connectivity index (χ0) is 25.0. The molecule has 180 valence electrons. The highest BCUT2D eigenvalue weighted by Crippen LogP contribution is 2.06. The average molecular weight is 465 g/mol. The van der Waals surface area contributed by atoms with E-state index in [1.165, 1.54) is 0 Å². The van der Waals surface area contributed by atoms with Gasteiger partial charge in [-0.2, -0.15) is 0 Å². The first kappa shape index (κ1) is 27.0. The summed E-state index contributed by atoms with van der Waals surface area (Å²) in [7, 11) is 0. The number of nitrogens with one attached hydrogen (secondary N) is 3. The van der Waals surface area contributed by atoms with Crippen molar-refractivity contribution in [1.29, 1.82) is 0 Å². The van der Waals surface area contributed by atoms with Crippen LogP contribution in [0.25, 0.3) is 0 Å². The quantitative estimate of drug-likeness (QED) is 0.153. The van der Waals surface area contributed by atoms with Crippen LogP contribution in [0.15, 0.2) is 30.3 Å². The summed E-state index contributed by atoms with van der Waals surface area (Å²) in [6, 6.07) is 4.18. The molecule has 0 aliphatic rings. The van der Waals surface area contributed by atoms with Gasteiger partial charge in [-0.3, -0.25) is 24.0 Å². The summed E-state index contributed by atoms with van der Waals surface area (Å²) in [6.45, 7) is -0.481. The molecule has 9 N–H and O–H groups in total. The monoisotopic (exact) mass is 465 g/mol. The lowest BCUT2D eigenvalue weighted by molar-refractivity contribution is -0.143. The summed E-state index contributed by atoms with van der Waals surface area (Å²) in [6.07, 6.45) is -1.56. The van der Waals surface area contributed by atoms with E-state index in [9.17, 15) is 33.9 Å². The molecular formula is C20H27N5O8. The van der Waals surface area contributed by atoms with Gasteiger partial charge in [0.1, 0.15) is 18.1 Å². The fourth-order valence-corrected chi connectivity index (χ4v) is 2.79. The molecule has 4 amide bonds. The van der Waals surface area contributed by atoms with E-state index < -0.39 is 73.1 Å². The predicted octanol–water partition coefficient (Wildman–Crippen LogP) is -2.53. The lowest BCUT2D eigenvalue weighted by Crippen LogP contribution is -2.57. The van der Waals surface area contributed by atoms with Gasteiger partial charge in [-0.05, 0) is 12.0 Å². The lowest BCUT2D eigenvalue weighted by Gasteiger charge is -2.24. The number of hydrogen-bond acceptors (Lipinski definition) is 7. The highest BCUT2D eigenvalue weighted by Gasteiger charge is 2.30. The number of primary amides is 1. The maximum Gasteiger partial charge on any atom is 0.326 e. The van der Waals surface area contributed by atoms with Gasteiger partial charge in [0, 0.05) is 12.8 Å². The molecule has 0 aromatic heterocycles. The number of hydrogen-bond donors (Lipinski definition) is 7. The molecule has 0 saturated carbocycles. The van der Waals surface area contributed by atoms with Crippen LogP contribution in [-0.4, -0.2) is 70.5 Å². The maximum atomic E-state index is 12.7. The Morgan fingerprint density at radius 3 is 1.94 bits per heavy atom. The minimum absolute atomic E-state index is 0.0572. The Bertz CT molecular complexity index is 876. The fourth-order valence-electron chi connectivity index (χ4n) is 2.79. The van der Waals surface area contributed by atoms with Crippen molar-refractivity contribution in [2.24, 2.45) is 11.5 Å². The van der Waals surface area contributed by atoms with Crippen LogP contribution in [0, 0.1) is 0 Å². The lowest BCUT2D eigenvalue weighted by atomic mass is 10.0. The number of rotatable bonds is 14. The molecule has 3 unspecified atom stereocenters. The summed E-state index contributed by atoms with van der Waals surface area (Å²) in [5, 5.41) is 25.1. The van der Waals surface area contributed by atoms with Gasteiger partial charge < -0.3 is 37.6 Å². The number of carbonyl (C=O) groups excluding carboxylic acids is 4. The van der Waals surface area contributed by atoms with E-state index in [0.717, 1.165) is 0 Å². The van der Waals surface area contributed by atoms with E-state index in [1.54, 1.807) is 30.3 Å². The second kappa shape index (κ2) is 13.4. The summed E-state index contributed by atoms with van der Waals surface area (Å²) < 4.78 is 0. The zero-order valence-electron chi connectivity index (χ0n) is 17.7. The topological polar surface area (TPSA) is 231 Å². The van der Waals surface area contributed by atoms with Crippen molar-refractivity contribution >= 4 is 35.6 Å². The van der Waals surface area contributed by atoms with Crippen molar-refractivity contribution in [3.63, 3.8) is 0 Å². The molecule has 0 spiro atoms. The molecule has 1 aromatic carbocycles. The van der Waals surface area contributed by atoms with Crippen molar-refractivity contribution in [3.05, 3.63) is 35.9 Å². The Kier molecular flexibility index (Phi) is 11.0. The molecule has 1 aromatic rings. The van der Waals surface area contributed by atoms with Gasteiger partial charge in [0.05, 0.1) is 13.0 Å². The van der Waals surface area contributed by atoms with Gasteiger partial charge >= 0.3 is 11.9 Å². The number of aliphatic carboxylic acids is 2. The van der Waals surface area contributed by atoms with Crippen LogP contribution in [0.1, 0.15) is 24.8 Å². The third kappa shape index (κ3) is 10.2. The summed E-state index contributed by atoms with van der Waals surface area (Å²) in [5.41, 5.74) is 10.9. The third-order valence-electron chi connectivity index (χ3n) is 4.42. The Balaban J connectivity index is 3.00. The van der Waals surface area contributed by atoms with Crippen molar-refractivity contribution in [2.45, 2.75) is 43.8 Å². The molecule has 13 heteroatoms. The largest absolute Gasteiger partial charge is 0.481 e. The van der Waals surface area contributed by atoms with Crippen LogP contribution in [0.4, 0.5) is 0 Å². The third-order valence-corrected chi connectivity index (χ3v) is 4.42. The van der Waals surface area contributed by atoms with Crippen molar-refractivity contribution in [2.75, 3.05) is 6.54 Å². The van der Waals surface area contributed by atoms with Gasteiger partial charge in [-0.25, -0.2) is 4.79 Å². The van der Waals surface area contributed by atoms with Crippen LogP contribution in [0.2, 0.25) is 0 Å². The Hall–Kier alpha value is -4.00. The molecule has 1 rings (SSSR count). The number of carboxylic acid groups (broad SMARTS) is 2. The van der Waals surface area contributed by atoms with Crippen molar-refractivity contribution in [3.8, 4) is 0 Å². The van der Waals surface area contributed by atoms with E-state index >= 15 is 0 Å². The van der Waals surface area contributed by atoms with Gasteiger partial charge in [-0.15, -0.1) is 0 Å². The zero-order valence-corrected chi connectivity index (χ0v) is 17.7.